The SMILES string of the molecule is Cc1nc2c(c(=O)[nH]1)CCC21CCCN(S(=O)(=O)c2cccc(C(=O)O)c2)C1. The molecule has 2 aromatic rings. The average molecular weight is 403 g/mol. The van der Waals surface area contributed by atoms with Crippen molar-refractivity contribution in [1.82, 2.24) is 14.3 Å². The second-order valence-corrected chi connectivity index (χ2v) is 9.47. The van der Waals surface area contributed by atoms with Crippen molar-refractivity contribution in [1.29, 1.82) is 0 Å². The Kier molecular flexibility index (Phi) is 4.39. The summed E-state index contributed by atoms with van der Waals surface area (Å²) in [4.78, 5) is 30.7. The monoisotopic (exact) mass is 403 g/mol. The lowest BCUT2D eigenvalue weighted by Gasteiger charge is -2.39. The number of H-pyrrole nitrogens is 1. The van der Waals surface area contributed by atoms with Gasteiger partial charge in [-0.1, -0.05) is 6.07 Å². The topological polar surface area (TPSA) is 120 Å². The van der Waals surface area contributed by atoms with E-state index < -0.39 is 21.4 Å². The lowest BCUT2D eigenvalue weighted by molar-refractivity contribution is 0.0696. The molecular formula is C19H21N3O5S. The van der Waals surface area contributed by atoms with E-state index in [4.69, 9.17) is 5.11 Å². The second-order valence-electron chi connectivity index (χ2n) is 7.53. The minimum absolute atomic E-state index is 0.0299. The van der Waals surface area contributed by atoms with Crippen LogP contribution in [0.5, 0.6) is 0 Å². The molecule has 0 amide bonds. The van der Waals surface area contributed by atoms with Crippen LogP contribution in [0, 0.1) is 6.92 Å². The Balaban J connectivity index is 1.72. The summed E-state index contributed by atoms with van der Waals surface area (Å²) in [5.74, 6) is -0.644. The first-order valence-corrected chi connectivity index (χ1v) is 10.6. The molecule has 1 aromatic carbocycles. The molecule has 4 rings (SSSR count). The number of nitrogens with one attached hydrogen (secondary N) is 1. The highest BCUT2D eigenvalue weighted by Crippen LogP contribution is 2.44. The molecule has 28 heavy (non-hydrogen) atoms. The van der Waals surface area contributed by atoms with Gasteiger partial charge in [-0.3, -0.25) is 4.79 Å². The molecule has 2 aliphatic rings. The van der Waals surface area contributed by atoms with Crippen LogP contribution in [0.15, 0.2) is 34.0 Å². The number of piperidine rings is 1. The third-order valence-electron chi connectivity index (χ3n) is 5.75. The van der Waals surface area contributed by atoms with Crippen LogP contribution in [0.4, 0.5) is 0 Å². The molecule has 2 N–H and O–H groups in total. The van der Waals surface area contributed by atoms with Gasteiger partial charge in [-0.25, -0.2) is 18.2 Å². The number of aromatic amines is 1. The van der Waals surface area contributed by atoms with E-state index in [2.05, 4.69) is 9.97 Å². The number of aromatic carboxylic acids is 1. The average Bonchev–Trinajstić information content (AvgIpc) is 3.00. The van der Waals surface area contributed by atoms with Gasteiger partial charge < -0.3 is 10.1 Å². The molecule has 2 heterocycles. The van der Waals surface area contributed by atoms with E-state index in [1.165, 1.54) is 28.6 Å². The number of rotatable bonds is 3. The van der Waals surface area contributed by atoms with E-state index >= 15 is 0 Å². The van der Waals surface area contributed by atoms with Crippen LogP contribution in [0.3, 0.4) is 0 Å². The van der Waals surface area contributed by atoms with Crippen LogP contribution < -0.4 is 5.56 Å². The molecule has 148 valence electrons. The molecule has 1 unspecified atom stereocenters. The molecule has 0 radical (unpaired) electrons. The van der Waals surface area contributed by atoms with Crippen LogP contribution in [-0.4, -0.2) is 46.9 Å². The summed E-state index contributed by atoms with van der Waals surface area (Å²) in [7, 11) is -3.85. The molecule has 1 aromatic heterocycles. The number of aromatic nitrogens is 2. The predicted octanol–water partition coefficient (Wildman–Crippen LogP) is 1.45. The zero-order valence-electron chi connectivity index (χ0n) is 15.4. The Morgan fingerprint density at radius 1 is 1.32 bits per heavy atom. The van der Waals surface area contributed by atoms with Gasteiger partial charge in [0, 0.05) is 24.1 Å². The van der Waals surface area contributed by atoms with Crippen LogP contribution in [0.2, 0.25) is 0 Å². The summed E-state index contributed by atoms with van der Waals surface area (Å²) >= 11 is 0. The smallest absolute Gasteiger partial charge is 0.335 e. The van der Waals surface area contributed by atoms with Gasteiger partial charge in [0.05, 0.1) is 16.2 Å². The van der Waals surface area contributed by atoms with Crippen molar-refractivity contribution in [3.8, 4) is 0 Å². The molecule has 9 heteroatoms. The zero-order valence-corrected chi connectivity index (χ0v) is 16.3. The molecule has 1 aliphatic heterocycles. The molecule has 1 fully saturated rings. The van der Waals surface area contributed by atoms with Gasteiger partial charge in [0.2, 0.25) is 10.0 Å². The van der Waals surface area contributed by atoms with Crippen LogP contribution in [-0.2, 0) is 21.9 Å². The maximum absolute atomic E-state index is 13.2. The van der Waals surface area contributed by atoms with Gasteiger partial charge in [0.1, 0.15) is 5.82 Å². The number of aryl methyl sites for hydroxylation is 1. The minimum Gasteiger partial charge on any atom is -0.478 e. The number of fused-ring (bicyclic) bond motifs is 2. The van der Waals surface area contributed by atoms with Gasteiger partial charge in [-0.05, 0) is 50.8 Å². The molecule has 1 atom stereocenters. The fraction of sp³-hybridized carbons (Fsp3) is 0.421. The number of hydrogen-bond acceptors (Lipinski definition) is 5. The molecule has 8 nitrogen and oxygen atoms in total. The Bertz CT molecular complexity index is 1120. The first-order valence-electron chi connectivity index (χ1n) is 9.17. The molecule has 1 spiro atoms. The summed E-state index contributed by atoms with van der Waals surface area (Å²) in [6.07, 6.45) is 2.70. The van der Waals surface area contributed by atoms with Crippen molar-refractivity contribution in [2.45, 2.75) is 42.9 Å². The Labute approximate surface area is 162 Å². The maximum Gasteiger partial charge on any atom is 0.335 e. The first kappa shape index (κ1) is 18.8. The molecule has 1 saturated heterocycles. The number of carboxylic acid groups (broad SMARTS) is 1. The van der Waals surface area contributed by atoms with Crippen molar-refractivity contribution < 1.29 is 18.3 Å². The summed E-state index contributed by atoms with van der Waals surface area (Å²) in [6, 6.07) is 5.41. The number of carbonyl (C=O) groups is 1. The van der Waals surface area contributed by atoms with Crippen molar-refractivity contribution in [2.24, 2.45) is 0 Å². The normalized spacial score (nSPS) is 22.3. The Morgan fingerprint density at radius 2 is 2.11 bits per heavy atom. The molecule has 0 bridgehead atoms. The van der Waals surface area contributed by atoms with E-state index in [9.17, 15) is 18.0 Å². The highest BCUT2D eigenvalue weighted by atomic mass is 32.2. The number of sulfonamides is 1. The lowest BCUT2D eigenvalue weighted by atomic mass is 9.78. The molecular weight excluding hydrogens is 382 g/mol. The Morgan fingerprint density at radius 3 is 2.86 bits per heavy atom. The van der Waals surface area contributed by atoms with Crippen LogP contribution in [0.1, 0.15) is 46.7 Å². The number of benzene rings is 1. The summed E-state index contributed by atoms with van der Waals surface area (Å²) < 4.78 is 27.8. The van der Waals surface area contributed by atoms with Gasteiger partial charge in [-0.2, -0.15) is 4.31 Å². The largest absolute Gasteiger partial charge is 0.478 e. The third-order valence-corrected chi connectivity index (χ3v) is 7.59. The summed E-state index contributed by atoms with van der Waals surface area (Å²) in [6.45, 7) is 2.33. The van der Waals surface area contributed by atoms with E-state index in [1.54, 1.807) is 6.92 Å². The quantitative estimate of drug-likeness (QED) is 0.800. The van der Waals surface area contributed by atoms with Crippen molar-refractivity contribution in [3.05, 3.63) is 57.3 Å². The number of carboxylic acids is 1. The molecule has 0 saturated carbocycles. The van der Waals surface area contributed by atoms with Crippen LogP contribution in [0.25, 0.3) is 0 Å². The van der Waals surface area contributed by atoms with E-state index in [0.29, 0.717) is 42.9 Å². The standard InChI is InChI=1S/C19H21N3O5S/c1-12-20-16-15(17(23)21-12)6-8-19(16)7-3-9-22(11-19)28(26,27)14-5-2-4-13(10-14)18(24)25/h2,4-5,10H,3,6-9,11H2,1H3,(H,24,25)(H,20,21,23). The fourth-order valence-corrected chi connectivity index (χ4v) is 6.01. The number of nitrogens with zero attached hydrogens (tertiary/aromatic N) is 2. The lowest BCUT2D eigenvalue weighted by Crippen LogP contribution is -2.48. The summed E-state index contributed by atoms with van der Waals surface area (Å²) in [5, 5.41) is 9.16. The highest BCUT2D eigenvalue weighted by molar-refractivity contribution is 7.89. The van der Waals surface area contributed by atoms with E-state index in [1.807, 2.05) is 0 Å². The van der Waals surface area contributed by atoms with E-state index in [0.717, 1.165) is 6.42 Å². The Hall–Kier alpha value is -2.52. The maximum atomic E-state index is 13.2. The number of hydrogen-bond donors (Lipinski definition) is 2. The zero-order chi connectivity index (χ0) is 20.1. The third kappa shape index (κ3) is 2.94. The predicted molar refractivity (Wildman–Crippen MR) is 101 cm³/mol. The van der Waals surface area contributed by atoms with Crippen molar-refractivity contribution in [2.75, 3.05) is 13.1 Å². The summed E-state index contributed by atoms with van der Waals surface area (Å²) in [5.41, 5.74) is 0.686. The highest BCUT2D eigenvalue weighted by Gasteiger charge is 2.47. The van der Waals surface area contributed by atoms with Crippen molar-refractivity contribution in [3.63, 3.8) is 0 Å². The molecule has 1 aliphatic carbocycles. The van der Waals surface area contributed by atoms with Crippen LogP contribution >= 0.6 is 0 Å². The fourth-order valence-electron chi connectivity index (χ4n) is 4.39. The van der Waals surface area contributed by atoms with Crippen molar-refractivity contribution >= 4 is 16.0 Å². The minimum atomic E-state index is -3.85. The van der Waals surface area contributed by atoms with Gasteiger partial charge in [0.15, 0.2) is 0 Å². The first-order chi connectivity index (χ1) is 13.2. The van der Waals surface area contributed by atoms with Gasteiger partial charge >= 0.3 is 5.97 Å². The van der Waals surface area contributed by atoms with Gasteiger partial charge in [0.25, 0.3) is 5.56 Å². The van der Waals surface area contributed by atoms with E-state index in [-0.39, 0.29) is 22.6 Å². The second kappa shape index (κ2) is 6.52. The van der Waals surface area contributed by atoms with Gasteiger partial charge in [-0.15, -0.1) is 0 Å².